The van der Waals surface area contributed by atoms with E-state index in [1.165, 1.54) is 12.7 Å². The Morgan fingerprint density at radius 3 is 2.59 bits per heavy atom. The van der Waals surface area contributed by atoms with E-state index in [-0.39, 0.29) is 5.91 Å². The second-order valence-electron chi connectivity index (χ2n) is 4.71. The van der Waals surface area contributed by atoms with Gasteiger partial charge in [-0.15, -0.1) is 10.2 Å². The number of aryl methyl sites for hydroxylation is 1. The molecule has 0 radical (unpaired) electrons. The number of nitrogens with zero attached hydrogens (tertiary/aromatic N) is 5. The number of carbonyl (C=O) groups is 1. The molecule has 22 heavy (non-hydrogen) atoms. The normalized spacial score (nSPS) is 10.7. The van der Waals surface area contributed by atoms with Crippen molar-refractivity contribution >= 4 is 23.2 Å². The number of halogens is 1. The summed E-state index contributed by atoms with van der Waals surface area (Å²) in [4.78, 5) is 12.4. The van der Waals surface area contributed by atoms with E-state index in [4.69, 9.17) is 11.6 Å². The van der Waals surface area contributed by atoms with Gasteiger partial charge in [0.2, 0.25) is 0 Å². The molecule has 0 aliphatic carbocycles. The molecule has 8 heteroatoms. The Bertz CT molecular complexity index is 824. The summed E-state index contributed by atoms with van der Waals surface area (Å²) in [5.41, 5.74) is 1.80. The molecular weight excluding hydrogens is 304 g/mol. The molecule has 1 aromatic carbocycles. The molecule has 0 aliphatic rings. The monoisotopic (exact) mass is 316 g/mol. The Labute approximate surface area is 131 Å². The van der Waals surface area contributed by atoms with Crippen LogP contribution in [0.3, 0.4) is 0 Å². The van der Waals surface area contributed by atoms with Crippen molar-refractivity contribution in [1.82, 2.24) is 24.5 Å². The largest absolute Gasteiger partial charge is 0.317 e. The Balaban J connectivity index is 1.99. The standard InChI is InChI=1S/C14H13ClN6O/c1-9-12(13(19-20(9)2)21-7-16-17-8-21)18-14(22)10-5-3-4-6-11(10)15/h3-8H,1-2H3,(H,18,22). The van der Waals surface area contributed by atoms with Gasteiger partial charge in [-0.25, -0.2) is 0 Å². The molecule has 7 nitrogen and oxygen atoms in total. The molecule has 2 heterocycles. The first-order valence-electron chi connectivity index (χ1n) is 6.52. The molecular formula is C14H13ClN6O. The third kappa shape index (κ3) is 2.46. The van der Waals surface area contributed by atoms with Crippen molar-refractivity contribution in [2.75, 3.05) is 5.32 Å². The maximum atomic E-state index is 12.4. The highest BCUT2D eigenvalue weighted by Crippen LogP contribution is 2.24. The number of rotatable bonds is 3. The minimum Gasteiger partial charge on any atom is -0.317 e. The molecule has 3 aromatic rings. The van der Waals surface area contributed by atoms with Gasteiger partial charge in [-0.2, -0.15) is 5.10 Å². The van der Waals surface area contributed by atoms with Crippen LogP contribution >= 0.6 is 11.6 Å². The molecule has 0 spiro atoms. The number of benzene rings is 1. The number of hydrogen-bond donors (Lipinski definition) is 1. The summed E-state index contributed by atoms with van der Waals surface area (Å²) < 4.78 is 3.31. The Morgan fingerprint density at radius 2 is 1.91 bits per heavy atom. The quantitative estimate of drug-likeness (QED) is 0.803. The van der Waals surface area contributed by atoms with Crippen LogP contribution in [0.5, 0.6) is 0 Å². The van der Waals surface area contributed by atoms with Crippen LogP contribution in [0.1, 0.15) is 16.1 Å². The van der Waals surface area contributed by atoms with E-state index in [0.29, 0.717) is 22.1 Å². The summed E-state index contributed by atoms with van der Waals surface area (Å²) in [6, 6.07) is 6.88. The van der Waals surface area contributed by atoms with E-state index in [1.54, 1.807) is 40.6 Å². The molecule has 0 saturated carbocycles. The van der Waals surface area contributed by atoms with Gasteiger partial charge < -0.3 is 5.32 Å². The molecule has 0 bridgehead atoms. The average molecular weight is 317 g/mol. The van der Waals surface area contributed by atoms with Crippen LogP contribution < -0.4 is 5.32 Å². The Hall–Kier alpha value is -2.67. The van der Waals surface area contributed by atoms with Crippen molar-refractivity contribution in [3.05, 3.63) is 53.2 Å². The third-order valence-corrected chi connectivity index (χ3v) is 3.67. The molecule has 112 valence electrons. The van der Waals surface area contributed by atoms with Gasteiger partial charge in [0, 0.05) is 7.05 Å². The van der Waals surface area contributed by atoms with Crippen molar-refractivity contribution in [2.45, 2.75) is 6.92 Å². The van der Waals surface area contributed by atoms with E-state index < -0.39 is 0 Å². The zero-order valence-electron chi connectivity index (χ0n) is 12.0. The maximum absolute atomic E-state index is 12.4. The lowest BCUT2D eigenvalue weighted by molar-refractivity contribution is 0.102. The fourth-order valence-electron chi connectivity index (χ4n) is 2.05. The topological polar surface area (TPSA) is 77.6 Å². The van der Waals surface area contributed by atoms with Crippen LogP contribution in [0.25, 0.3) is 5.82 Å². The minimum absolute atomic E-state index is 0.295. The molecule has 3 rings (SSSR count). The number of amides is 1. The van der Waals surface area contributed by atoms with Crippen LogP contribution in [-0.4, -0.2) is 30.5 Å². The second-order valence-corrected chi connectivity index (χ2v) is 5.12. The van der Waals surface area contributed by atoms with Crippen LogP contribution in [0, 0.1) is 6.92 Å². The van der Waals surface area contributed by atoms with Crippen LogP contribution in [-0.2, 0) is 7.05 Å². The summed E-state index contributed by atoms with van der Waals surface area (Å²) >= 11 is 6.06. The molecule has 0 fully saturated rings. The van der Waals surface area contributed by atoms with Gasteiger partial charge in [0.15, 0.2) is 5.82 Å². The van der Waals surface area contributed by atoms with Gasteiger partial charge in [0.25, 0.3) is 5.91 Å². The van der Waals surface area contributed by atoms with Gasteiger partial charge in [-0.3, -0.25) is 14.0 Å². The Kier molecular flexibility index (Phi) is 3.64. The molecule has 2 aromatic heterocycles. The summed E-state index contributed by atoms with van der Waals surface area (Å²) in [6.45, 7) is 1.86. The first kappa shape index (κ1) is 14.3. The fraction of sp³-hybridized carbons (Fsp3) is 0.143. The van der Waals surface area contributed by atoms with Gasteiger partial charge in [0.05, 0.1) is 16.3 Å². The summed E-state index contributed by atoms with van der Waals surface area (Å²) in [7, 11) is 1.80. The second kappa shape index (κ2) is 5.61. The molecule has 0 unspecified atom stereocenters. The van der Waals surface area contributed by atoms with Gasteiger partial charge >= 0.3 is 0 Å². The lowest BCUT2D eigenvalue weighted by Crippen LogP contribution is -2.14. The number of hydrogen-bond acceptors (Lipinski definition) is 4. The van der Waals surface area contributed by atoms with Crippen LogP contribution in [0.4, 0.5) is 5.69 Å². The molecule has 1 N–H and O–H groups in total. The molecule has 0 saturated heterocycles. The SMILES string of the molecule is Cc1c(NC(=O)c2ccccc2Cl)c(-n2cnnc2)nn1C. The fourth-order valence-corrected chi connectivity index (χ4v) is 2.28. The van der Waals surface area contributed by atoms with E-state index in [9.17, 15) is 4.79 Å². The number of nitrogens with one attached hydrogen (secondary N) is 1. The first-order valence-corrected chi connectivity index (χ1v) is 6.90. The van der Waals surface area contributed by atoms with E-state index in [1.807, 2.05) is 6.92 Å². The predicted molar refractivity (Wildman–Crippen MR) is 82.3 cm³/mol. The van der Waals surface area contributed by atoms with Crippen molar-refractivity contribution in [1.29, 1.82) is 0 Å². The minimum atomic E-state index is -0.295. The van der Waals surface area contributed by atoms with Crippen molar-refractivity contribution < 1.29 is 4.79 Å². The summed E-state index contributed by atoms with van der Waals surface area (Å²) in [6.07, 6.45) is 3.04. The zero-order chi connectivity index (χ0) is 15.7. The smallest absolute Gasteiger partial charge is 0.257 e. The van der Waals surface area contributed by atoms with Gasteiger partial charge in [-0.05, 0) is 19.1 Å². The third-order valence-electron chi connectivity index (χ3n) is 3.34. The highest BCUT2D eigenvalue weighted by molar-refractivity contribution is 6.34. The van der Waals surface area contributed by atoms with Gasteiger partial charge in [-0.1, -0.05) is 23.7 Å². The maximum Gasteiger partial charge on any atom is 0.257 e. The summed E-state index contributed by atoms with van der Waals surface area (Å²) in [5.74, 6) is 0.251. The molecule has 0 aliphatic heterocycles. The highest BCUT2D eigenvalue weighted by Gasteiger charge is 2.19. The number of anilines is 1. The molecule has 0 atom stereocenters. The zero-order valence-corrected chi connectivity index (χ0v) is 12.7. The molecule has 1 amide bonds. The van der Waals surface area contributed by atoms with Crippen molar-refractivity contribution in [2.24, 2.45) is 7.05 Å². The van der Waals surface area contributed by atoms with E-state index in [2.05, 4.69) is 20.6 Å². The lowest BCUT2D eigenvalue weighted by Gasteiger charge is -2.08. The van der Waals surface area contributed by atoms with E-state index in [0.717, 1.165) is 5.69 Å². The predicted octanol–water partition coefficient (Wildman–Crippen LogP) is 2.21. The number of aromatic nitrogens is 5. The van der Waals surface area contributed by atoms with Gasteiger partial charge in [0.1, 0.15) is 18.3 Å². The Morgan fingerprint density at radius 1 is 1.23 bits per heavy atom. The van der Waals surface area contributed by atoms with Crippen molar-refractivity contribution in [3.8, 4) is 5.82 Å². The summed E-state index contributed by atoms with van der Waals surface area (Å²) in [5, 5.41) is 15.2. The lowest BCUT2D eigenvalue weighted by atomic mass is 10.2. The van der Waals surface area contributed by atoms with Crippen molar-refractivity contribution in [3.63, 3.8) is 0 Å². The first-order chi connectivity index (χ1) is 10.6. The van der Waals surface area contributed by atoms with Crippen LogP contribution in [0.2, 0.25) is 5.02 Å². The highest BCUT2D eigenvalue weighted by atomic mass is 35.5. The van der Waals surface area contributed by atoms with E-state index >= 15 is 0 Å². The average Bonchev–Trinajstić information content (AvgIpc) is 3.11. The van der Waals surface area contributed by atoms with Crippen LogP contribution in [0.15, 0.2) is 36.9 Å². The number of carbonyl (C=O) groups excluding carboxylic acids is 1.